The Balaban J connectivity index is 1.63. The molecular formula is C20H16N4O2. The van der Waals surface area contributed by atoms with E-state index in [-0.39, 0.29) is 5.91 Å². The normalized spacial score (nSPS) is 15.6. The van der Waals surface area contributed by atoms with Gasteiger partial charge in [0.15, 0.2) is 0 Å². The standard InChI is InChI=1S/C20H16N4O2/c1-23-12-14(11-22-23)13-24-19(10-21)18-9-16(7-8-17(18)20(24)25)26-15-5-3-2-4-6-15/h2-9,11-12,19H,13H2,1H3. The second-order valence-corrected chi connectivity index (χ2v) is 6.15. The molecule has 1 atom stereocenters. The Kier molecular flexibility index (Phi) is 3.90. The molecule has 0 saturated heterocycles. The second kappa shape index (κ2) is 6.37. The van der Waals surface area contributed by atoms with Crippen LogP contribution in [-0.4, -0.2) is 20.6 Å². The average Bonchev–Trinajstić information content (AvgIpc) is 3.17. The van der Waals surface area contributed by atoms with Gasteiger partial charge >= 0.3 is 0 Å². The Morgan fingerprint density at radius 2 is 2.00 bits per heavy atom. The van der Waals surface area contributed by atoms with Gasteiger partial charge in [0.05, 0.1) is 18.8 Å². The third kappa shape index (κ3) is 2.80. The first-order chi connectivity index (χ1) is 12.7. The van der Waals surface area contributed by atoms with Crippen LogP contribution in [0.2, 0.25) is 0 Å². The number of nitrogens with zero attached hydrogens (tertiary/aromatic N) is 4. The molecule has 0 spiro atoms. The maximum Gasteiger partial charge on any atom is 0.255 e. The molecular weight excluding hydrogens is 328 g/mol. The number of aromatic nitrogens is 2. The number of carbonyl (C=O) groups is 1. The number of hydrogen-bond acceptors (Lipinski definition) is 4. The topological polar surface area (TPSA) is 71.2 Å². The van der Waals surface area contributed by atoms with Crippen molar-refractivity contribution in [3.63, 3.8) is 0 Å². The highest BCUT2D eigenvalue weighted by molar-refractivity contribution is 5.99. The quantitative estimate of drug-likeness (QED) is 0.727. The van der Waals surface area contributed by atoms with Gasteiger partial charge in [-0.3, -0.25) is 9.48 Å². The second-order valence-electron chi connectivity index (χ2n) is 6.15. The van der Waals surface area contributed by atoms with E-state index in [4.69, 9.17) is 4.74 Å². The Hall–Kier alpha value is -3.59. The highest BCUT2D eigenvalue weighted by atomic mass is 16.5. The summed E-state index contributed by atoms with van der Waals surface area (Å²) in [6.45, 7) is 0.342. The van der Waals surface area contributed by atoms with Crippen LogP contribution in [0.15, 0.2) is 60.9 Å². The van der Waals surface area contributed by atoms with Gasteiger partial charge in [-0.2, -0.15) is 10.4 Å². The molecule has 1 aliphatic heterocycles. The van der Waals surface area contributed by atoms with Crippen molar-refractivity contribution < 1.29 is 9.53 Å². The minimum atomic E-state index is -0.642. The number of aryl methyl sites for hydroxylation is 1. The Morgan fingerprint density at radius 3 is 2.69 bits per heavy atom. The lowest BCUT2D eigenvalue weighted by atomic mass is 10.1. The van der Waals surface area contributed by atoms with Crippen LogP contribution in [0.4, 0.5) is 0 Å². The van der Waals surface area contributed by atoms with Crippen molar-refractivity contribution in [1.82, 2.24) is 14.7 Å². The molecule has 4 rings (SSSR count). The van der Waals surface area contributed by atoms with Gasteiger partial charge < -0.3 is 9.64 Å². The summed E-state index contributed by atoms with van der Waals surface area (Å²) in [5, 5.41) is 13.8. The first kappa shape index (κ1) is 15.9. The molecule has 1 unspecified atom stereocenters. The van der Waals surface area contributed by atoms with E-state index in [1.807, 2.05) is 43.6 Å². The summed E-state index contributed by atoms with van der Waals surface area (Å²) in [7, 11) is 1.82. The lowest BCUT2D eigenvalue weighted by molar-refractivity contribution is 0.0744. The molecule has 6 nitrogen and oxygen atoms in total. The van der Waals surface area contributed by atoms with Gasteiger partial charge in [0.25, 0.3) is 5.91 Å². The van der Waals surface area contributed by atoms with Crippen LogP contribution < -0.4 is 4.74 Å². The van der Waals surface area contributed by atoms with Crippen molar-refractivity contribution in [3.05, 3.63) is 77.6 Å². The molecule has 128 valence electrons. The molecule has 26 heavy (non-hydrogen) atoms. The number of para-hydroxylation sites is 1. The lowest BCUT2D eigenvalue weighted by Crippen LogP contribution is -2.26. The van der Waals surface area contributed by atoms with E-state index in [2.05, 4.69) is 11.2 Å². The summed E-state index contributed by atoms with van der Waals surface area (Å²) in [5.74, 6) is 1.16. The number of fused-ring (bicyclic) bond motifs is 1. The molecule has 1 amide bonds. The van der Waals surface area contributed by atoms with Gasteiger partial charge in [-0.05, 0) is 30.3 Å². The highest BCUT2D eigenvalue weighted by Crippen LogP contribution is 2.37. The molecule has 0 bridgehead atoms. The zero-order chi connectivity index (χ0) is 18.1. The number of rotatable bonds is 4. The summed E-state index contributed by atoms with van der Waals surface area (Å²) < 4.78 is 7.51. The SMILES string of the molecule is Cn1cc(CN2C(=O)c3ccc(Oc4ccccc4)cc3C2C#N)cn1. The predicted octanol–water partition coefficient (Wildman–Crippen LogP) is 3.43. The summed E-state index contributed by atoms with van der Waals surface area (Å²) in [6, 6.07) is 16.3. The number of ether oxygens (including phenoxy) is 1. The lowest BCUT2D eigenvalue weighted by Gasteiger charge is -2.19. The number of benzene rings is 2. The van der Waals surface area contributed by atoms with Gasteiger partial charge in [0.2, 0.25) is 0 Å². The summed E-state index contributed by atoms with van der Waals surface area (Å²) >= 11 is 0. The van der Waals surface area contributed by atoms with Gasteiger partial charge in [-0.15, -0.1) is 0 Å². The van der Waals surface area contributed by atoms with Gasteiger partial charge in [-0.25, -0.2) is 0 Å². The summed E-state index contributed by atoms with van der Waals surface area (Å²) in [5.41, 5.74) is 2.10. The molecule has 6 heteroatoms. The first-order valence-corrected chi connectivity index (χ1v) is 8.20. The van der Waals surface area contributed by atoms with Gasteiger partial charge in [-0.1, -0.05) is 18.2 Å². The van der Waals surface area contributed by atoms with E-state index >= 15 is 0 Å². The fourth-order valence-electron chi connectivity index (χ4n) is 3.14. The number of hydrogen-bond donors (Lipinski definition) is 0. The minimum absolute atomic E-state index is 0.151. The van der Waals surface area contributed by atoms with Crippen LogP contribution in [0.3, 0.4) is 0 Å². The van der Waals surface area contributed by atoms with Crippen molar-refractivity contribution >= 4 is 5.91 Å². The van der Waals surface area contributed by atoms with E-state index in [0.29, 0.717) is 29.2 Å². The number of nitriles is 1. The predicted molar refractivity (Wildman–Crippen MR) is 94.4 cm³/mol. The van der Waals surface area contributed by atoms with Crippen LogP contribution in [0, 0.1) is 11.3 Å². The van der Waals surface area contributed by atoms with E-state index < -0.39 is 6.04 Å². The minimum Gasteiger partial charge on any atom is -0.457 e. The molecule has 0 saturated carbocycles. The number of amides is 1. The van der Waals surface area contributed by atoms with E-state index in [0.717, 1.165) is 5.56 Å². The van der Waals surface area contributed by atoms with Crippen LogP contribution in [-0.2, 0) is 13.6 Å². The fourth-order valence-corrected chi connectivity index (χ4v) is 3.14. The molecule has 0 N–H and O–H groups in total. The molecule has 1 aliphatic rings. The van der Waals surface area contributed by atoms with Crippen LogP contribution in [0.1, 0.15) is 27.5 Å². The Labute approximate surface area is 150 Å². The van der Waals surface area contributed by atoms with Gasteiger partial charge in [0.1, 0.15) is 17.5 Å². The van der Waals surface area contributed by atoms with E-state index in [9.17, 15) is 10.1 Å². The molecule has 1 aromatic heterocycles. The van der Waals surface area contributed by atoms with Gasteiger partial charge in [0, 0.05) is 29.9 Å². The Morgan fingerprint density at radius 1 is 1.19 bits per heavy atom. The molecule has 0 radical (unpaired) electrons. The molecule has 0 fully saturated rings. The van der Waals surface area contributed by atoms with Crippen molar-refractivity contribution in [2.24, 2.45) is 7.05 Å². The first-order valence-electron chi connectivity index (χ1n) is 8.20. The summed E-state index contributed by atoms with van der Waals surface area (Å²) in [4.78, 5) is 14.3. The zero-order valence-corrected chi connectivity index (χ0v) is 14.2. The molecule has 3 aromatic rings. The zero-order valence-electron chi connectivity index (χ0n) is 14.2. The molecule has 0 aliphatic carbocycles. The Bertz CT molecular complexity index is 1000. The maximum absolute atomic E-state index is 12.8. The smallest absolute Gasteiger partial charge is 0.255 e. The van der Waals surface area contributed by atoms with Crippen molar-refractivity contribution in [3.8, 4) is 17.6 Å². The average molecular weight is 344 g/mol. The van der Waals surface area contributed by atoms with Crippen molar-refractivity contribution in [2.45, 2.75) is 12.6 Å². The van der Waals surface area contributed by atoms with Crippen LogP contribution in [0.25, 0.3) is 0 Å². The number of carbonyl (C=O) groups excluding carboxylic acids is 1. The largest absolute Gasteiger partial charge is 0.457 e. The van der Waals surface area contributed by atoms with E-state index in [1.165, 1.54) is 0 Å². The highest BCUT2D eigenvalue weighted by Gasteiger charge is 2.37. The maximum atomic E-state index is 12.8. The van der Waals surface area contributed by atoms with Crippen LogP contribution >= 0.6 is 0 Å². The summed E-state index contributed by atoms with van der Waals surface area (Å²) in [6.07, 6.45) is 3.54. The molecule has 2 heterocycles. The fraction of sp³-hybridized carbons (Fsp3) is 0.150. The van der Waals surface area contributed by atoms with Crippen LogP contribution in [0.5, 0.6) is 11.5 Å². The monoisotopic (exact) mass is 344 g/mol. The van der Waals surface area contributed by atoms with Crippen molar-refractivity contribution in [2.75, 3.05) is 0 Å². The third-order valence-corrected chi connectivity index (χ3v) is 4.33. The molecule has 2 aromatic carbocycles. The third-order valence-electron chi connectivity index (χ3n) is 4.33. The van der Waals surface area contributed by atoms with E-state index in [1.54, 1.807) is 34.0 Å². The van der Waals surface area contributed by atoms with Crippen molar-refractivity contribution in [1.29, 1.82) is 5.26 Å².